The molecule has 0 aliphatic heterocycles. The van der Waals surface area contributed by atoms with Crippen molar-refractivity contribution < 1.29 is 0 Å². The fraction of sp³-hybridized carbons (Fsp3) is 0.500. The molecule has 0 fully saturated rings. The molecule has 1 nitrogen and oxygen atoms in total. The van der Waals surface area contributed by atoms with Crippen molar-refractivity contribution in [1.82, 2.24) is 5.32 Å². The Morgan fingerprint density at radius 3 is 2.64 bits per heavy atom. The van der Waals surface area contributed by atoms with Crippen LogP contribution in [0.5, 0.6) is 0 Å². The minimum Gasteiger partial charge on any atom is -0.315 e. The van der Waals surface area contributed by atoms with Crippen LogP contribution in [0.3, 0.4) is 0 Å². The molecule has 0 bridgehead atoms. The largest absolute Gasteiger partial charge is 0.315 e. The van der Waals surface area contributed by atoms with Gasteiger partial charge in [-0.2, -0.15) is 11.8 Å². The lowest BCUT2D eigenvalue weighted by Gasteiger charge is -2.12. The van der Waals surface area contributed by atoms with Crippen LogP contribution in [0.1, 0.15) is 18.4 Å². The number of nitrogens with one attached hydrogen (secondary N) is 1. The molecular formula is C12H19NS. The maximum Gasteiger partial charge on any atom is 0.00553 e. The zero-order chi connectivity index (χ0) is 10.2. The van der Waals surface area contributed by atoms with Gasteiger partial charge >= 0.3 is 0 Å². The Morgan fingerprint density at radius 1 is 1.29 bits per heavy atom. The molecule has 1 atom stereocenters. The van der Waals surface area contributed by atoms with Crippen LogP contribution in [-0.4, -0.2) is 25.1 Å². The summed E-state index contributed by atoms with van der Waals surface area (Å²) in [5.74, 6) is 1.81. The summed E-state index contributed by atoms with van der Waals surface area (Å²) in [6, 6.07) is 10.7. The van der Waals surface area contributed by atoms with E-state index in [0.717, 1.165) is 13.1 Å². The van der Waals surface area contributed by atoms with E-state index in [9.17, 15) is 0 Å². The second-order valence-electron chi connectivity index (χ2n) is 3.51. The van der Waals surface area contributed by atoms with Gasteiger partial charge in [-0.25, -0.2) is 0 Å². The van der Waals surface area contributed by atoms with Crippen molar-refractivity contribution in [2.75, 3.05) is 25.1 Å². The number of hydrogen-bond donors (Lipinski definition) is 1. The summed E-state index contributed by atoms with van der Waals surface area (Å²) in [6.07, 6.45) is 2.14. The molecule has 1 rings (SSSR count). The van der Waals surface area contributed by atoms with Crippen molar-refractivity contribution >= 4 is 11.8 Å². The van der Waals surface area contributed by atoms with Crippen LogP contribution in [0.2, 0.25) is 0 Å². The third kappa shape index (κ3) is 4.16. The van der Waals surface area contributed by atoms with Crippen LogP contribution in [-0.2, 0) is 0 Å². The van der Waals surface area contributed by atoms with Crippen molar-refractivity contribution in [3.05, 3.63) is 35.9 Å². The summed E-state index contributed by atoms with van der Waals surface area (Å²) in [6.45, 7) is 4.45. The molecular weight excluding hydrogens is 190 g/mol. The summed E-state index contributed by atoms with van der Waals surface area (Å²) in [5.41, 5.74) is 1.42. The Bertz CT molecular complexity index is 235. The monoisotopic (exact) mass is 209 g/mol. The molecule has 1 aromatic carbocycles. The van der Waals surface area contributed by atoms with Crippen molar-refractivity contribution in [3.63, 3.8) is 0 Å². The molecule has 0 aromatic heterocycles. The van der Waals surface area contributed by atoms with E-state index >= 15 is 0 Å². The summed E-state index contributed by atoms with van der Waals surface area (Å²) in [4.78, 5) is 0. The van der Waals surface area contributed by atoms with Gasteiger partial charge in [-0.3, -0.25) is 0 Å². The van der Waals surface area contributed by atoms with Crippen LogP contribution in [0.25, 0.3) is 0 Å². The van der Waals surface area contributed by atoms with Gasteiger partial charge in [0.05, 0.1) is 0 Å². The molecule has 1 unspecified atom stereocenters. The van der Waals surface area contributed by atoms with Crippen LogP contribution in [0.15, 0.2) is 30.3 Å². The van der Waals surface area contributed by atoms with E-state index in [4.69, 9.17) is 0 Å². The number of benzene rings is 1. The molecule has 0 radical (unpaired) electrons. The van der Waals surface area contributed by atoms with Crippen molar-refractivity contribution in [2.24, 2.45) is 0 Å². The van der Waals surface area contributed by atoms with E-state index in [1.807, 2.05) is 11.8 Å². The summed E-state index contributed by atoms with van der Waals surface area (Å²) >= 11 is 1.89. The highest BCUT2D eigenvalue weighted by Gasteiger charge is 2.02. The number of rotatable bonds is 6. The highest BCUT2D eigenvalue weighted by atomic mass is 32.2. The van der Waals surface area contributed by atoms with Gasteiger partial charge in [0, 0.05) is 18.8 Å². The third-order valence-corrected chi connectivity index (χ3v) is 2.91. The average molecular weight is 209 g/mol. The summed E-state index contributed by atoms with van der Waals surface area (Å²) in [7, 11) is 0. The first-order valence-corrected chi connectivity index (χ1v) is 6.48. The predicted octanol–water partition coefficient (Wildman–Crippen LogP) is 2.74. The van der Waals surface area contributed by atoms with E-state index in [0.29, 0.717) is 5.92 Å². The molecule has 0 aliphatic rings. The predicted molar refractivity (Wildman–Crippen MR) is 66.1 cm³/mol. The topological polar surface area (TPSA) is 12.0 Å². The average Bonchev–Trinajstić information content (AvgIpc) is 2.25. The maximum absolute atomic E-state index is 3.46. The fourth-order valence-electron chi connectivity index (χ4n) is 1.39. The Labute approximate surface area is 91.3 Å². The summed E-state index contributed by atoms with van der Waals surface area (Å²) < 4.78 is 0. The van der Waals surface area contributed by atoms with Crippen LogP contribution in [0.4, 0.5) is 0 Å². The van der Waals surface area contributed by atoms with E-state index in [1.54, 1.807) is 0 Å². The highest BCUT2D eigenvalue weighted by molar-refractivity contribution is 7.98. The first kappa shape index (κ1) is 11.6. The summed E-state index contributed by atoms with van der Waals surface area (Å²) in [5, 5.41) is 3.46. The van der Waals surface area contributed by atoms with Crippen LogP contribution >= 0.6 is 11.8 Å². The first-order valence-electron chi connectivity index (χ1n) is 5.09. The Morgan fingerprint density at radius 2 is 2.00 bits per heavy atom. The van der Waals surface area contributed by atoms with E-state index < -0.39 is 0 Å². The molecule has 0 spiro atoms. The molecule has 78 valence electrons. The normalized spacial score (nSPS) is 12.7. The lowest BCUT2D eigenvalue weighted by Crippen LogP contribution is -2.22. The molecule has 1 aromatic rings. The van der Waals surface area contributed by atoms with Gasteiger partial charge in [0.25, 0.3) is 0 Å². The van der Waals surface area contributed by atoms with Crippen molar-refractivity contribution in [3.8, 4) is 0 Å². The zero-order valence-electron chi connectivity index (χ0n) is 8.99. The maximum atomic E-state index is 3.46. The molecule has 1 N–H and O–H groups in total. The van der Waals surface area contributed by atoms with Gasteiger partial charge in [-0.15, -0.1) is 0 Å². The van der Waals surface area contributed by atoms with Gasteiger partial charge in [0.15, 0.2) is 0 Å². The number of hydrogen-bond acceptors (Lipinski definition) is 2. The molecule has 0 saturated carbocycles. The third-order valence-electron chi connectivity index (χ3n) is 2.30. The molecule has 0 amide bonds. The minimum absolute atomic E-state index is 0.609. The van der Waals surface area contributed by atoms with Crippen molar-refractivity contribution in [2.45, 2.75) is 12.8 Å². The van der Waals surface area contributed by atoms with E-state index in [2.05, 4.69) is 48.8 Å². The van der Waals surface area contributed by atoms with Gasteiger partial charge < -0.3 is 5.32 Å². The molecule has 0 aliphatic carbocycles. The van der Waals surface area contributed by atoms with Gasteiger partial charge in [-0.05, 0) is 17.7 Å². The standard InChI is InChI=1S/C12H19NS/c1-11(10-13-8-9-14-2)12-6-4-3-5-7-12/h3-7,11,13H,8-10H2,1-2H3. The second-order valence-corrected chi connectivity index (χ2v) is 4.49. The Balaban J connectivity index is 2.25. The Kier molecular flexibility index (Phi) is 5.72. The van der Waals surface area contributed by atoms with Crippen LogP contribution in [0, 0.1) is 0 Å². The quantitative estimate of drug-likeness (QED) is 0.723. The second kappa shape index (κ2) is 6.91. The highest BCUT2D eigenvalue weighted by Crippen LogP contribution is 2.12. The molecule has 0 saturated heterocycles. The Hall–Kier alpha value is -0.470. The molecule has 0 heterocycles. The van der Waals surface area contributed by atoms with Gasteiger partial charge in [0.2, 0.25) is 0 Å². The van der Waals surface area contributed by atoms with Crippen LogP contribution < -0.4 is 5.32 Å². The first-order chi connectivity index (χ1) is 6.84. The van der Waals surface area contributed by atoms with E-state index in [-0.39, 0.29) is 0 Å². The van der Waals surface area contributed by atoms with Gasteiger partial charge in [-0.1, -0.05) is 37.3 Å². The van der Waals surface area contributed by atoms with Crippen molar-refractivity contribution in [1.29, 1.82) is 0 Å². The molecule has 14 heavy (non-hydrogen) atoms. The lowest BCUT2D eigenvalue weighted by atomic mass is 10.0. The number of thioether (sulfide) groups is 1. The smallest absolute Gasteiger partial charge is 0.00553 e. The van der Waals surface area contributed by atoms with Gasteiger partial charge in [0.1, 0.15) is 0 Å². The zero-order valence-corrected chi connectivity index (χ0v) is 9.81. The minimum atomic E-state index is 0.609. The molecule has 2 heteroatoms. The SMILES string of the molecule is CSCCNCC(C)c1ccccc1. The van der Waals surface area contributed by atoms with E-state index in [1.165, 1.54) is 11.3 Å². The fourth-order valence-corrected chi connectivity index (χ4v) is 1.74. The lowest BCUT2D eigenvalue weighted by molar-refractivity contribution is 0.638.